The molecule has 36 heavy (non-hydrogen) atoms. The van der Waals surface area contributed by atoms with Crippen LogP contribution in [0.1, 0.15) is 47.8 Å². The summed E-state index contributed by atoms with van der Waals surface area (Å²) in [6, 6.07) is 11.9. The van der Waals surface area contributed by atoms with Crippen LogP contribution in [0.25, 0.3) is 0 Å². The van der Waals surface area contributed by atoms with Crippen molar-refractivity contribution < 1.29 is 33.8 Å². The lowest BCUT2D eigenvalue weighted by Gasteiger charge is -2.18. The van der Waals surface area contributed by atoms with Gasteiger partial charge in [-0.3, -0.25) is 34.6 Å². The van der Waals surface area contributed by atoms with E-state index in [0.29, 0.717) is 5.56 Å². The standard InChI is InChI=1S/C24H15N3O9/c1-12-6-7-13(10-18(12)26(32)33)25-19(28)11-36-24(31)17-9-8-16-20(21(17)27(34)35)23(30)15-5-3-2-4-14(15)22(16)29/h2-10H,11H2,1H3,(H,25,28). The number of nitro benzene ring substituents is 2. The highest BCUT2D eigenvalue weighted by Gasteiger charge is 2.39. The number of ketones is 2. The summed E-state index contributed by atoms with van der Waals surface area (Å²) in [4.78, 5) is 72.0. The number of nitrogens with one attached hydrogen (secondary N) is 1. The van der Waals surface area contributed by atoms with E-state index in [0.717, 1.165) is 18.2 Å². The van der Waals surface area contributed by atoms with Gasteiger partial charge in [-0.25, -0.2) is 4.79 Å². The van der Waals surface area contributed by atoms with Crippen LogP contribution in [-0.4, -0.2) is 39.9 Å². The molecule has 1 aliphatic carbocycles. The Morgan fingerprint density at radius 3 is 2.19 bits per heavy atom. The summed E-state index contributed by atoms with van der Waals surface area (Å²) in [5.41, 5.74) is -1.98. The maximum Gasteiger partial charge on any atom is 0.345 e. The largest absolute Gasteiger partial charge is 0.452 e. The van der Waals surface area contributed by atoms with E-state index in [-0.39, 0.29) is 28.1 Å². The summed E-state index contributed by atoms with van der Waals surface area (Å²) >= 11 is 0. The molecule has 0 spiro atoms. The number of carbonyl (C=O) groups is 4. The molecule has 0 heterocycles. The van der Waals surface area contributed by atoms with Gasteiger partial charge in [0.05, 0.1) is 9.85 Å². The topological polar surface area (TPSA) is 176 Å². The number of hydrogen-bond acceptors (Lipinski definition) is 9. The highest BCUT2D eigenvalue weighted by atomic mass is 16.6. The van der Waals surface area contributed by atoms with Crippen molar-refractivity contribution >= 4 is 40.5 Å². The number of rotatable bonds is 6. The van der Waals surface area contributed by atoms with E-state index in [9.17, 15) is 39.4 Å². The smallest absolute Gasteiger partial charge is 0.345 e. The minimum Gasteiger partial charge on any atom is -0.452 e. The van der Waals surface area contributed by atoms with Crippen molar-refractivity contribution in [2.24, 2.45) is 0 Å². The quantitative estimate of drug-likeness (QED) is 0.242. The molecule has 3 aromatic carbocycles. The van der Waals surface area contributed by atoms with E-state index < -0.39 is 56.7 Å². The number of nitrogens with zero attached hydrogens (tertiary/aromatic N) is 2. The minimum atomic E-state index is -1.27. The van der Waals surface area contributed by atoms with Crippen LogP contribution < -0.4 is 5.32 Å². The summed E-state index contributed by atoms with van der Waals surface area (Å²) in [6.45, 7) is 0.651. The summed E-state index contributed by atoms with van der Waals surface area (Å²) in [5.74, 6) is -3.52. The second-order valence-electron chi connectivity index (χ2n) is 7.73. The molecule has 0 saturated carbocycles. The highest BCUT2D eigenvalue weighted by Crippen LogP contribution is 2.35. The Labute approximate surface area is 201 Å². The van der Waals surface area contributed by atoms with Gasteiger partial charge < -0.3 is 10.1 Å². The molecule has 0 aliphatic heterocycles. The third-order valence-corrected chi connectivity index (χ3v) is 5.49. The molecule has 12 nitrogen and oxygen atoms in total. The fourth-order valence-corrected chi connectivity index (χ4v) is 3.81. The van der Waals surface area contributed by atoms with Crippen LogP contribution in [-0.2, 0) is 9.53 Å². The Balaban J connectivity index is 1.58. The van der Waals surface area contributed by atoms with Gasteiger partial charge in [-0.05, 0) is 25.1 Å². The van der Waals surface area contributed by atoms with Crippen molar-refractivity contribution in [3.63, 3.8) is 0 Å². The number of ether oxygens (including phenoxy) is 1. The average Bonchev–Trinajstić information content (AvgIpc) is 2.85. The number of esters is 1. The SMILES string of the molecule is Cc1ccc(NC(=O)COC(=O)c2ccc3c(c2[N+](=O)[O-])C(=O)c2ccccc2C3=O)cc1[N+](=O)[O-]. The van der Waals surface area contributed by atoms with Crippen LogP contribution >= 0.6 is 0 Å². The van der Waals surface area contributed by atoms with Gasteiger partial charge in [0, 0.05) is 34.0 Å². The Hall–Kier alpha value is -5.26. The van der Waals surface area contributed by atoms with Gasteiger partial charge in [-0.15, -0.1) is 0 Å². The third-order valence-electron chi connectivity index (χ3n) is 5.49. The van der Waals surface area contributed by atoms with E-state index >= 15 is 0 Å². The number of fused-ring (bicyclic) bond motifs is 2. The van der Waals surface area contributed by atoms with Crippen molar-refractivity contribution in [2.45, 2.75) is 6.92 Å². The van der Waals surface area contributed by atoms with Crippen LogP contribution in [0, 0.1) is 27.2 Å². The van der Waals surface area contributed by atoms with Crippen molar-refractivity contribution in [2.75, 3.05) is 11.9 Å². The summed E-state index contributed by atoms with van der Waals surface area (Å²) in [7, 11) is 0. The number of aryl methyl sites for hydroxylation is 1. The zero-order chi connectivity index (χ0) is 26.1. The molecule has 0 saturated heterocycles. The first-order chi connectivity index (χ1) is 17.1. The monoisotopic (exact) mass is 489 g/mol. The van der Waals surface area contributed by atoms with E-state index in [2.05, 4.69) is 5.32 Å². The van der Waals surface area contributed by atoms with E-state index in [1.807, 2.05) is 0 Å². The van der Waals surface area contributed by atoms with Crippen LogP contribution in [0.2, 0.25) is 0 Å². The number of carbonyl (C=O) groups excluding carboxylic acids is 4. The molecule has 12 heteroatoms. The zero-order valence-corrected chi connectivity index (χ0v) is 18.5. The fraction of sp³-hybridized carbons (Fsp3) is 0.0833. The Morgan fingerprint density at radius 1 is 0.889 bits per heavy atom. The van der Waals surface area contributed by atoms with Gasteiger partial charge in [0.25, 0.3) is 17.3 Å². The molecule has 0 atom stereocenters. The van der Waals surface area contributed by atoms with Gasteiger partial charge in [-0.2, -0.15) is 0 Å². The van der Waals surface area contributed by atoms with Gasteiger partial charge in [0.2, 0.25) is 5.78 Å². The molecule has 3 aromatic rings. The van der Waals surface area contributed by atoms with Crippen molar-refractivity contribution in [3.05, 3.63) is 108 Å². The van der Waals surface area contributed by atoms with Crippen LogP contribution in [0.15, 0.2) is 54.6 Å². The van der Waals surface area contributed by atoms with Crippen LogP contribution in [0.5, 0.6) is 0 Å². The lowest BCUT2D eigenvalue weighted by molar-refractivity contribution is -0.385. The van der Waals surface area contributed by atoms with Crippen LogP contribution in [0.3, 0.4) is 0 Å². The molecule has 4 rings (SSSR count). The van der Waals surface area contributed by atoms with E-state index in [4.69, 9.17) is 4.74 Å². The predicted molar refractivity (Wildman–Crippen MR) is 123 cm³/mol. The molecular formula is C24H15N3O9. The van der Waals surface area contributed by atoms with E-state index in [1.165, 1.54) is 37.3 Å². The number of benzene rings is 3. The minimum absolute atomic E-state index is 0.0322. The van der Waals surface area contributed by atoms with Crippen molar-refractivity contribution in [3.8, 4) is 0 Å². The first-order valence-electron chi connectivity index (χ1n) is 10.3. The summed E-state index contributed by atoms with van der Waals surface area (Å²) in [5, 5.41) is 25.2. The average molecular weight is 489 g/mol. The number of nitro groups is 2. The van der Waals surface area contributed by atoms with Crippen molar-refractivity contribution in [1.82, 2.24) is 0 Å². The second kappa shape index (κ2) is 9.18. The Kier molecular flexibility index (Phi) is 6.09. The highest BCUT2D eigenvalue weighted by molar-refractivity contribution is 6.30. The Bertz CT molecular complexity index is 1510. The fourth-order valence-electron chi connectivity index (χ4n) is 3.81. The first kappa shape index (κ1) is 23.9. The van der Waals surface area contributed by atoms with Crippen LogP contribution in [0.4, 0.5) is 17.1 Å². The van der Waals surface area contributed by atoms with Gasteiger partial charge in [0.15, 0.2) is 12.4 Å². The van der Waals surface area contributed by atoms with E-state index in [1.54, 1.807) is 6.07 Å². The maximum absolute atomic E-state index is 13.0. The molecule has 0 unspecified atom stereocenters. The number of anilines is 1. The molecular weight excluding hydrogens is 474 g/mol. The lowest BCUT2D eigenvalue weighted by atomic mass is 9.82. The predicted octanol–water partition coefficient (Wildman–Crippen LogP) is 3.38. The molecule has 0 bridgehead atoms. The van der Waals surface area contributed by atoms with Gasteiger partial charge in [0.1, 0.15) is 11.1 Å². The summed E-state index contributed by atoms with van der Waals surface area (Å²) in [6.07, 6.45) is 0. The zero-order valence-electron chi connectivity index (χ0n) is 18.5. The molecule has 1 N–H and O–H groups in total. The second-order valence-corrected chi connectivity index (χ2v) is 7.73. The van der Waals surface area contributed by atoms with Crippen molar-refractivity contribution in [1.29, 1.82) is 0 Å². The maximum atomic E-state index is 13.0. The molecule has 0 radical (unpaired) electrons. The van der Waals surface area contributed by atoms with Gasteiger partial charge in [-0.1, -0.05) is 30.3 Å². The normalized spacial score (nSPS) is 11.8. The summed E-state index contributed by atoms with van der Waals surface area (Å²) < 4.78 is 4.89. The molecule has 0 fully saturated rings. The lowest BCUT2D eigenvalue weighted by Crippen LogP contribution is -2.25. The molecule has 1 aliphatic rings. The number of hydrogen-bond donors (Lipinski definition) is 1. The van der Waals surface area contributed by atoms with Gasteiger partial charge >= 0.3 is 5.97 Å². The molecule has 180 valence electrons. The third kappa shape index (κ3) is 4.18. The molecule has 0 aromatic heterocycles. The Morgan fingerprint density at radius 2 is 1.56 bits per heavy atom. The number of amides is 1. The first-order valence-corrected chi connectivity index (χ1v) is 10.3. The molecule has 1 amide bonds.